The third-order valence-corrected chi connectivity index (χ3v) is 0.984. The van der Waals surface area contributed by atoms with E-state index < -0.39 is 0 Å². The summed E-state index contributed by atoms with van der Waals surface area (Å²) in [7, 11) is 1.68. The van der Waals surface area contributed by atoms with Crippen molar-refractivity contribution in [3.63, 3.8) is 0 Å². The molecule has 0 aliphatic carbocycles. The van der Waals surface area contributed by atoms with Crippen LogP contribution in [0.3, 0.4) is 0 Å². The van der Waals surface area contributed by atoms with Gasteiger partial charge in [-0.2, -0.15) is 0 Å². The molecule has 0 aliphatic heterocycles. The Morgan fingerprint density at radius 2 is 2.33 bits per heavy atom. The van der Waals surface area contributed by atoms with Crippen molar-refractivity contribution >= 4 is 17.2 Å². The van der Waals surface area contributed by atoms with Crippen LogP contribution in [-0.2, 0) is 4.74 Å². The summed E-state index contributed by atoms with van der Waals surface area (Å²) < 4.78 is 4.88. The van der Waals surface area contributed by atoms with Crippen LogP contribution in [0.1, 0.15) is 13.8 Å². The molecule has 0 saturated heterocycles. The van der Waals surface area contributed by atoms with E-state index in [9.17, 15) is 0 Å². The Kier molecular flexibility index (Phi) is 4.62. The van der Waals surface area contributed by atoms with Gasteiger partial charge in [0, 0.05) is 13.2 Å². The minimum atomic E-state index is 0.326. The number of hydrogen-bond acceptors (Lipinski definition) is 2. The Hall–Kier alpha value is -0.150. The van der Waals surface area contributed by atoms with Gasteiger partial charge in [-0.25, -0.2) is 0 Å². The van der Waals surface area contributed by atoms with Crippen molar-refractivity contribution < 1.29 is 4.74 Å². The van der Waals surface area contributed by atoms with Gasteiger partial charge in [-0.3, -0.25) is 0 Å². The molecule has 0 spiro atoms. The van der Waals surface area contributed by atoms with Crippen molar-refractivity contribution in [1.29, 1.82) is 0 Å². The minimum absolute atomic E-state index is 0.326. The van der Waals surface area contributed by atoms with Crippen LogP contribution in [0.4, 0.5) is 0 Å². The molecule has 2 nitrogen and oxygen atoms in total. The molecule has 0 amide bonds. The number of rotatable bonds is 3. The van der Waals surface area contributed by atoms with Gasteiger partial charge < -0.3 is 10.1 Å². The fourth-order valence-corrected chi connectivity index (χ4v) is 0.840. The molecule has 0 rings (SSSR count). The molecule has 0 aromatic heterocycles. The number of ether oxygens (including phenoxy) is 1. The average Bonchev–Trinajstić information content (AvgIpc) is 1.63. The van der Waals surface area contributed by atoms with Gasteiger partial charge in [0.1, 0.15) is 0 Å². The minimum Gasteiger partial charge on any atom is -0.383 e. The van der Waals surface area contributed by atoms with E-state index >= 15 is 0 Å². The zero-order chi connectivity index (χ0) is 7.28. The van der Waals surface area contributed by atoms with Crippen molar-refractivity contribution in [3.8, 4) is 0 Å². The van der Waals surface area contributed by atoms with Gasteiger partial charge in [-0.15, -0.1) is 0 Å². The molecule has 1 atom stereocenters. The Morgan fingerprint density at radius 1 is 1.78 bits per heavy atom. The molecule has 0 saturated carbocycles. The van der Waals surface area contributed by atoms with E-state index in [1.54, 1.807) is 7.11 Å². The second-order valence-electron chi connectivity index (χ2n) is 2.06. The van der Waals surface area contributed by atoms with Crippen LogP contribution in [0.15, 0.2) is 0 Å². The Bertz CT molecular complexity index is 95.1. The standard InChI is InChI=1S/C6H13NOS/c1-5(4-8-3)7-6(2)9/h5H,4H2,1-3H3,(H,7,9). The van der Waals surface area contributed by atoms with Crippen LogP contribution < -0.4 is 5.32 Å². The van der Waals surface area contributed by atoms with Gasteiger partial charge in [0.25, 0.3) is 0 Å². The fourth-order valence-electron chi connectivity index (χ4n) is 0.639. The molecule has 9 heavy (non-hydrogen) atoms. The Labute approximate surface area is 61.6 Å². The van der Waals surface area contributed by atoms with Crippen LogP contribution in [-0.4, -0.2) is 24.7 Å². The summed E-state index contributed by atoms with van der Waals surface area (Å²) in [6, 6.07) is 0.326. The summed E-state index contributed by atoms with van der Waals surface area (Å²) in [4.78, 5) is 0.819. The monoisotopic (exact) mass is 147 g/mol. The Morgan fingerprint density at radius 3 is 2.67 bits per heavy atom. The van der Waals surface area contributed by atoms with E-state index in [0.717, 1.165) is 4.99 Å². The van der Waals surface area contributed by atoms with Crippen molar-refractivity contribution in [2.75, 3.05) is 13.7 Å². The highest BCUT2D eigenvalue weighted by atomic mass is 32.1. The first kappa shape index (κ1) is 8.85. The predicted octanol–water partition coefficient (Wildman–Crippen LogP) is 0.958. The first-order chi connectivity index (χ1) is 4.16. The fraction of sp³-hybridized carbons (Fsp3) is 0.833. The molecule has 54 valence electrons. The van der Waals surface area contributed by atoms with Gasteiger partial charge in [-0.1, -0.05) is 12.2 Å². The normalized spacial score (nSPS) is 12.8. The lowest BCUT2D eigenvalue weighted by atomic mass is 10.4. The van der Waals surface area contributed by atoms with E-state index in [0.29, 0.717) is 12.6 Å². The van der Waals surface area contributed by atoms with Crippen LogP contribution >= 0.6 is 12.2 Å². The Balaban J connectivity index is 3.26. The molecule has 0 fully saturated rings. The van der Waals surface area contributed by atoms with Crippen LogP contribution in [0.25, 0.3) is 0 Å². The van der Waals surface area contributed by atoms with Crippen LogP contribution in [0, 0.1) is 0 Å². The van der Waals surface area contributed by atoms with Crippen molar-refractivity contribution in [2.24, 2.45) is 0 Å². The maximum absolute atomic E-state index is 4.88. The third-order valence-electron chi connectivity index (χ3n) is 0.866. The van der Waals surface area contributed by atoms with Crippen LogP contribution in [0.2, 0.25) is 0 Å². The first-order valence-corrected chi connectivity index (χ1v) is 3.33. The SMILES string of the molecule is COCC(C)NC(C)=S. The molecule has 1 unspecified atom stereocenters. The lowest BCUT2D eigenvalue weighted by Gasteiger charge is -2.11. The molecular formula is C6H13NOS. The zero-order valence-corrected chi connectivity index (χ0v) is 6.92. The summed E-state index contributed by atoms with van der Waals surface area (Å²) in [6.07, 6.45) is 0. The lowest BCUT2D eigenvalue weighted by Crippen LogP contribution is -2.32. The van der Waals surface area contributed by atoms with Gasteiger partial charge in [0.05, 0.1) is 11.6 Å². The van der Waals surface area contributed by atoms with E-state index in [2.05, 4.69) is 5.32 Å². The van der Waals surface area contributed by atoms with Crippen LogP contribution in [0.5, 0.6) is 0 Å². The molecule has 0 bridgehead atoms. The highest BCUT2D eigenvalue weighted by Crippen LogP contribution is 1.81. The molecule has 3 heteroatoms. The number of hydrogen-bond donors (Lipinski definition) is 1. The van der Waals surface area contributed by atoms with Crippen molar-refractivity contribution in [1.82, 2.24) is 5.32 Å². The van der Waals surface area contributed by atoms with Gasteiger partial charge in [0.2, 0.25) is 0 Å². The van der Waals surface area contributed by atoms with E-state index in [1.807, 2.05) is 13.8 Å². The quantitative estimate of drug-likeness (QED) is 0.601. The highest BCUT2D eigenvalue weighted by Gasteiger charge is 1.97. The molecule has 1 N–H and O–H groups in total. The molecule has 0 heterocycles. The van der Waals surface area contributed by atoms with Gasteiger partial charge >= 0.3 is 0 Å². The third kappa shape index (κ3) is 5.73. The second-order valence-corrected chi connectivity index (χ2v) is 2.67. The summed E-state index contributed by atoms with van der Waals surface area (Å²) in [5, 5.41) is 3.05. The van der Waals surface area contributed by atoms with E-state index in [4.69, 9.17) is 17.0 Å². The largest absolute Gasteiger partial charge is 0.383 e. The lowest BCUT2D eigenvalue weighted by molar-refractivity contribution is 0.179. The maximum atomic E-state index is 4.88. The van der Waals surface area contributed by atoms with E-state index in [1.165, 1.54) is 0 Å². The summed E-state index contributed by atoms with van der Waals surface area (Å²) in [5.41, 5.74) is 0. The smallest absolute Gasteiger partial charge is 0.0724 e. The second kappa shape index (κ2) is 4.70. The number of nitrogens with one attached hydrogen (secondary N) is 1. The van der Waals surface area contributed by atoms with Gasteiger partial charge in [0.15, 0.2) is 0 Å². The predicted molar refractivity (Wildman–Crippen MR) is 42.7 cm³/mol. The summed E-state index contributed by atoms with van der Waals surface area (Å²) in [6.45, 7) is 4.59. The number of thiocarbonyl (C=S) groups is 1. The molecule has 0 aromatic rings. The maximum Gasteiger partial charge on any atom is 0.0724 e. The molecule has 0 radical (unpaired) electrons. The molecule has 0 aliphatic rings. The van der Waals surface area contributed by atoms with Crippen molar-refractivity contribution in [3.05, 3.63) is 0 Å². The molecule has 0 aromatic carbocycles. The zero-order valence-electron chi connectivity index (χ0n) is 6.10. The van der Waals surface area contributed by atoms with Gasteiger partial charge in [-0.05, 0) is 13.8 Å². The highest BCUT2D eigenvalue weighted by molar-refractivity contribution is 7.80. The topological polar surface area (TPSA) is 21.3 Å². The summed E-state index contributed by atoms with van der Waals surface area (Å²) in [5.74, 6) is 0. The number of methoxy groups -OCH3 is 1. The summed E-state index contributed by atoms with van der Waals surface area (Å²) >= 11 is 4.82. The first-order valence-electron chi connectivity index (χ1n) is 2.93. The van der Waals surface area contributed by atoms with E-state index in [-0.39, 0.29) is 0 Å². The van der Waals surface area contributed by atoms with Crippen molar-refractivity contribution in [2.45, 2.75) is 19.9 Å². The molecular weight excluding hydrogens is 134 g/mol. The average molecular weight is 147 g/mol.